The second kappa shape index (κ2) is 4.25. The van der Waals surface area contributed by atoms with E-state index in [0.717, 1.165) is 18.2 Å². The molecular formula is C12H21N3. The van der Waals surface area contributed by atoms with Crippen LogP contribution in [0.25, 0.3) is 0 Å². The van der Waals surface area contributed by atoms with Crippen molar-refractivity contribution >= 4 is 5.95 Å². The Morgan fingerprint density at radius 3 is 2.80 bits per heavy atom. The van der Waals surface area contributed by atoms with Crippen LogP contribution < -0.4 is 5.32 Å². The number of aryl methyl sites for hydroxylation is 1. The number of aromatic nitrogens is 2. The maximum atomic E-state index is 4.54. The second-order valence-electron chi connectivity index (χ2n) is 5.02. The molecule has 1 aromatic heterocycles. The Bertz CT molecular complexity index is 324. The van der Waals surface area contributed by atoms with E-state index >= 15 is 0 Å². The van der Waals surface area contributed by atoms with Gasteiger partial charge in [0, 0.05) is 18.8 Å². The summed E-state index contributed by atoms with van der Waals surface area (Å²) in [4.78, 5) is 4.54. The summed E-state index contributed by atoms with van der Waals surface area (Å²) >= 11 is 0. The van der Waals surface area contributed by atoms with Gasteiger partial charge in [0.2, 0.25) is 5.95 Å². The maximum absolute atomic E-state index is 4.54. The fourth-order valence-corrected chi connectivity index (χ4v) is 1.93. The first-order valence-corrected chi connectivity index (χ1v) is 5.95. The molecule has 1 N–H and O–H groups in total. The molecule has 0 aromatic carbocycles. The van der Waals surface area contributed by atoms with Crippen LogP contribution in [0.3, 0.4) is 0 Å². The topological polar surface area (TPSA) is 29.9 Å². The Morgan fingerprint density at radius 2 is 2.27 bits per heavy atom. The Morgan fingerprint density at radius 1 is 1.53 bits per heavy atom. The third-order valence-corrected chi connectivity index (χ3v) is 2.90. The Kier molecular flexibility index (Phi) is 2.98. The molecule has 1 aliphatic carbocycles. The van der Waals surface area contributed by atoms with Crippen molar-refractivity contribution < 1.29 is 0 Å². The highest BCUT2D eigenvalue weighted by Gasteiger charge is 2.19. The molecule has 1 aromatic rings. The van der Waals surface area contributed by atoms with E-state index in [1.54, 1.807) is 0 Å². The molecule has 2 rings (SSSR count). The summed E-state index contributed by atoms with van der Waals surface area (Å²) in [7, 11) is 0. The monoisotopic (exact) mass is 207 g/mol. The summed E-state index contributed by atoms with van der Waals surface area (Å²) in [5, 5.41) is 3.53. The van der Waals surface area contributed by atoms with Crippen molar-refractivity contribution in [2.24, 2.45) is 5.92 Å². The van der Waals surface area contributed by atoms with Crippen LogP contribution in [0.2, 0.25) is 0 Å². The Balaban J connectivity index is 2.06. The average molecular weight is 207 g/mol. The fraction of sp³-hybridized carbons (Fsp3) is 0.750. The fourth-order valence-electron chi connectivity index (χ4n) is 1.93. The summed E-state index contributed by atoms with van der Waals surface area (Å²) in [6.45, 7) is 7.59. The van der Waals surface area contributed by atoms with Gasteiger partial charge in [-0.15, -0.1) is 0 Å². The molecule has 0 radical (unpaired) electrons. The molecule has 1 heterocycles. The van der Waals surface area contributed by atoms with Gasteiger partial charge in [0.25, 0.3) is 0 Å². The van der Waals surface area contributed by atoms with Crippen LogP contribution in [-0.4, -0.2) is 15.6 Å². The second-order valence-corrected chi connectivity index (χ2v) is 5.02. The highest BCUT2D eigenvalue weighted by molar-refractivity contribution is 5.31. The van der Waals surface area contributed by atoms with Gasteiger partial charge in [0.15, 0.2) is 0 Å². The Hall–Kier alpha value is -0.990. The van der Waals surface area contributed by atoms with E-state index in [0.29, 0.717) is 12.0 Å². The maximum Gasteiger partial charge on any atom is 0.203 e. The highest BCUT2D eigenvalue weighted by Crippen LogP contribution is 2.23. The molecule has 0 atom stereocenters. The summed E-state index contributed by atoms with van der Waals surface area (Å²) in [6.07, 6.45) is 6.10. The molecule has 0 aliphatic heterocycles. The van der Waals surface area contributed by atoms with Crippen LogP contribution in [0.5, 0.6) is 0 Å². The highest BCUT2D eigenvalue weighted by atomic mass is 15.2. The van der Waals surface area contributed by atoms with Crippen molar-refractivity contribution in [2.45, 2.75) is 52.6 Å². The number of hydrogen-bond acceptors (Lipinski definition) is 2. The van der Waals surface area contributed by atoms with Gasteiger partial charge in [0.05, 0.1) is 5.69 Å². The minimum Gasteiger partial charge on any atom is -0.353 e. The third kappa shape index (κ3) is 2.52. The molecule has 0 spiro atoms. The summed E-state index contributed by atoms with van der Waals surface area (Å²) in [5.74, 6) is 1.73. The minimum atomic E-state index is 0.665. The van der Waals surface area contributed by atoms with E-state index in [4.69, 9.17) is 0 Å². The van der Waals surface area contributed by atoms with Crippen molar-refractivity contribution in [3.05, 3.63) is 11.9 Å². The van der Waals surface area contributed by atoms with E-state index in [1.807, 2.05) is 0 Å². The van der Waals surface area contributed by atoms with Gasteiger partial charge in [0.1, 0.15) is 0 Å². The largest absolute Gasteiger partial charge is 0.353 e. The molecular weight excluding hydrogens is 186 g/mol. The molecule has 3 heteroatoms. The summed E-state index contributed by atoms with van der Waals surface area (Å²) < 4.78 is 2.25. The van der Waals surface area contributed by atoms with Crippen molar-refractivity contribution in [3.8, 4) is 0 Å². The molecule has 0 saturated heterocycles. The van der Waals surface area contributed by atoms with E-state index in [1.165, 1.54) is 19.3 Å². The lowest BCUT2D eigenvalue weighted by atomic mass is 9.93. The lowest BCUT2D eigenvalue weighted by molar-refractivity contribution is 0.437. The molecule has 1 saturated carbocycles. The SMILES string of the molecule is Cc1cn(CC(C)C)c(NC2CCC2)n1. The van der Waals surface area contributed by atoms with Crippen molar-refractivity contribution in [1.82, 2.24) is 9.55 Å². The number of anilines is 1. The van der Waals surface area contributed by atoms with Crippen molar-refractivity contribution in [2.75, 3.05) is 5.32 Å². The van der Waals surface area contributed by atoms with Crippen molar-refractivity contribution in [3.63, 3.8) is 0 Å². The van der Waals surface area contributed by atoms with E-state index < -0.39 is 0 Å². The molecule has 3 nitrogen and oxygen atoms in total. The molecule has 1 fully saturated rings. The van der Waals surface area contributed by atoms with Gasteiger partial charge in [-0.05, 0) is 32.1 Å². The quantitative estimate of drug-likeness (QED) is 0.822. The average Bonchev–Trinajstić information content (AvgIpc) is 2.38. The van der Waals surface area contributed by atoms with Crippen molar-refractivity contribution in [1.29, 1.82) is 0 Å². The third-order valence-electron chi connectivity index (χ3n) is 2.90. The van der Waals surface area contributed by atoms with Gasteiger partial charge < -0.3 is 9.88 Å². The number of nitrogens with zero attached hydrogens (tertiary/aromatic N) is 2. The zero-order valence-electron chi connectivity index (χ0n) is 9.95. The molecule has 0 unspecified atom stereocenters. The lowest BCUT2D eigenvalue weighted by Gasteiger charge is -2.27. The zero-order valence-corrected chi connectivity index (χ0v) is 9.95. The van der Waals surface area contributed by atoms with Crippen LogP contribution in [-0.2, 0) is 6.54 Å². The number of nitrogens with one attached hydrogen (secondary N) is 1. The van der Waals surface area contributed by atoms with Crippen LogP contribution >= 0.6 is 0 Å². The van der Waals surface area contributed by atoms with Crippen LogP contribution in [0, 0.1) is 12.8 Å². The van der Waals surface area contributed by atoms with Crippen LogP contribution in [0.4, 0.5) is 5.95 Å². The van der Waals surface area contributed by atoms with E-state index in [2.05, 4.69) is 41.8 Å². The van der Waals surface area contributed by atoms with Gasteiger partial charge in [-0.2, -0.15) is 0 Å². The smallest absolute Gasteiger partial charge is 0.203 e. The minimum absolute atomic E-state index is 0.665. The zero-order chi connectivity index (χ0) is 10.8. The summed E-state index contributed by atoms with van der Waals surface area (Å²) in [5.41, 5.74) is 1.11. The first kappa shape index (κ1) is 10.5. The van der Waals surface area contributed by atoms with Gasteiger partial charge >= 0.3 is 0 Å². The molecule has 1 aliphatic rings. The Labute approximate surface area is 91.9 Å². The normalized spacial score (nSPS) is 16.8. The van der Waals surface area contributed by atoms with Crippen LogP contribution in [0.1, 0.15) is 38.8 Å². The number of hydrogen-bond donors (Lipinski definition) is 1. The lowest BCUT2D eigenvalue weighted by Crippen LogP contribution is -2.28. The summed E-state index contributed by atoms with van der Waals surface area (Å²) in [6, 6.07) is 0.665. The predicted octanol–water partition coefficient (Wildman–Crippen LogP) is 2.81. The first-order valence-electron chi connectivity index (χ1n) is 5.95. The van der Waals surface area contributed by atoms with Gasteiger partial charge in [-0.3, -0.25) is 0 Å². The van der Waals surface area contributed by atoms with Gasteiger partial charge in [-0.1, -0.05) is 13.8 Å². The molecule has 0 amide bonds. The molecule has 0 bridgehead atoms. The predicted molar refractivity (Wildman–Crippen MR) is 63.1 cm³/mol. The van der Waals surface area contributed by atoms with E-state index in [-0.39, 0.29) is 0 Å². The number of imidazole rings is 1. The number of rotatable bonds is 4. The first-order chi connectivity index (χ1) is 7.15. The van der Waals surface area contributed by atoms with E-state index in [9.17, 15) is 0 Å². The molecule has 15 heavy (non-hydrogen) atoms. The van der Waals surface area contributed by atoms with Gasteiger partial charge in [-0.25, -0.2) is 4.98 Å². The molecule has 84 valence electrons. The standard InChI is InChI=1S/C12H21N3/c1-9(2)7-15-8-10(3)13-12(15)14-11-5-4-6-11/h8-9,11H,4-7H2,1-3H3,(H,13,14). The van der Waals surface area contributed by atoms with Crippen LogP contribution in [0.15, 0.2) is 6.20 Å².